The summed E-state index contributed by atoms with van der Waals surface area (Å²) < 4.78 is 4.78. The molecule has 0 bridgehead atoms. The Hall–Kier alpha value is -1.57. The third-order valence-electron chi connectivity index (χ3n) is 1.73. The molecule has 2 atom stereocenters. The van der Waals surface area contributed by atoms with Gasteiger partial charge in [-0.1, -0.05) is 0 Å². The fraction of sp³-hybridized carbons (Fsp3) is 0.500. The van der Waals surface area contributed by atoms with Gasteiger partial charge in [0, 0.05) is 0 Å². The van der Waals surface area contributed by atoms with Gasteiger partial charge in [0.25, 0.3) is 5.95 Å². The van der Waals surface area contributed by atoms with Crippen LogP contribution < -0.4 is 5.73 Å². The molecule has 0 aromatic carbocycles. The maximum atomic E-state index is 8.47. The van der Waals surface area contributed by atoms with E-state index in [1.807, 2.05) is 0 Å². The van der Waals surface area contributed by atoms with E-state index in [0.717, 1.165) is 6.42 Å². The number of rotatable bonds is 1. The highest BCUT2D eigenvalue weighted by atomic mass is 16.5. The lowest BCUT2D eigenvalue weighted by molar-refractivity contribution is 0.378. The van der Waals surface area contributed by atoms with E-state index in [0.29, 0.717) is 5.89 Å². The molecule has 1 saturated carbocycles. The van der Waals surface area contributed by atoms with E-state index in [2.05, 4.69) is 16.2 Å². The van der Waals surface area contributed by atoms with Crippen LogP contribution in [0.15, 0.2) is 4.52 Å². The van der Waals surface area contributed by atoms with Gasteiger partial charge in [-0.05, 0) is 11.6 Å². The first-order valence-electron chi connectivity index (χ1n) is 3.30. The van der Waals surface area contributed by atoms with Crippen LogP contribution in [0.4, 0.5) is 5.95 Å². The zero-order valence-electron chi connectivity index (χ0n) is 5.69. The number of nitriles is 1. The summed E-state index contributed by atoms with van der Waals surface area (Å²) in [5.41, 5.74) is 5.23. The van der Waals surface area contributed by atoms with Crippen LogP contribution in [-0.4, -0.2) is 10.1 Å². The van der Waals surface area contributed by atoms with E-state index in [4.69, 9.17) is 15.5 Å². The molecule has 1 aliphatic carbocycles. The van der Waals surface area contributed by atoms with Gasteiger partial charge >= 0.3 is 0 Å². The molecule has 1 aliphatic rings. The molecule has 2 rings (SSSR count). The molecule has 1 fully saturated rings. The summed E-state index contributed by atoms with van der Waals surface area (Å²) in [6.07, 6.45) is 0.818. The topological polar surface area (TPSA) is 88.7 Å². The Morgan fingerprint density at radius 1 is 1.73 bits per heavy atom. The molecule has 0 aliphatic heterocycles. The number of anilines is 1. The number of aromatic nitrogens is 2. The van der Waals surface area contributed by atoms with E-state index in [-0.39, 0.29) is 17.8 Å². The van der Waals surface area contributed by atoms with Crippen molar-refractivity contribution in [3.8, 4) is 6.07 Å². The predicted molar refractivity (Wildman–Crippen MR) is 35.2 cm³/mol. The summed E-state index contributed by atoms with van der Waals surface area (Å²) in [6.45, 7) is 0. The average molecular weight is 150 g/mol. The van der Waals surface area contributed by atoms with Crippen molar-refractivity contribution in [3.05, 3.63) is 5.89 Å². The van der Waals surface area contributed by atoms with Gasteiger partial charge in [-0.3, -0.25) is 0 Å². The molecular weight excluding hydrogens is 144 g/mol. The molecule has 0 saturated heterocycles. The second-order valence-corrected chi connectivity index (χ2v) is 2.57. The molecule has 0 spiro atoms. The van der Waals surface area contributed by atoms with Crippen LogP contribution in [0.25, 0.3) is 0 Å². The largest absolute Gasteiger partial charge is 0.365 e. The summed E-state index contributed by atoms with van der Waals surface area (Å²) in [7, 11) is 0. The minimum absolute atomic E-state index is 0.0508. The predicted octanol–water partition coefficient (Wildman–Crippen LogP) is 0.279. The van der Waals surface area contributed by atoms with Crippen molar-refractivity contribution in [2.24, 2.45) is 5.92 Å². The Bertz CT molecular complexity index is 313. The van der Waals surface area contributed by atoms with Crippen LogP contribution >= 0.6 is 0 Å². The molecule has 56 valence electrons. The second-order valence-electron chi connectivity index (χ2n) is 2.57. The molecule has 5 nitrogen and oxygen atoms in total. The first-order valence-corrected chi connectivity index (χ1v) is 3.30. The SMILES string of the molecule is N#CC1CC1c1nc(N)no1. The second kappa shape index (κ2) is 1.95. The van der Waals surface area contributed by atoms with Gasteiger partial charge in [0.15, 0.2) is 0 Å². The Morgan fingerprint density at radius 2 is 2.55 bits per heavy atom. The molecule has 11 heavy (non-hydrogen) atoms. The molecule has 2 unspecified atom stereocenters. The third-order valence-corrected chi connectivity index (χ3v) is 1.73. The van der Waals surface area contributed by atoms with Crippen molar-refractivity contribution in [3.63, 3.8) is 0 Å². The van der Waals surface area contributed by atoms with Gasteiger partial charge < -0.3 is 10.3 Å². The lowest BCUT2D eigenvalue weighted by atomic mass is 10.3. The highest BCUT2D eigenvalue weighted by molar-refractivity contribution is 5.19. The number of nitrogens with zero attached hydrogens (tertiary/aromatic N) is 3. The standard InChI is InChI=1S/C6H6N4O/c7-2-3-1-4(3)5-9-6(8)10-11-5/h3-4H,1H2,(H2,8,10). The lowest BCUT2D eigenvalue weighted by Gasteiger charge is -1.80. The molecule has 1 heterocycles. The molecule has 5 heteroatoms. The Morgan fingerprint density at radius 3 is 3.00 bits per heavy atom. The average Bonchev–Trinajstić information content (AvgIpc) is 2.68. The summed E-state index contributed by atoms with van der Waals surface area (Å²) >= 11 is 0. The van der Waals surface area contributed by atoms with Gasteiger partial charge in [-0.25, -0.2) is 0 Å². The number of nitrogen functional groups attached to an aromatic ring is 1. The first-order chi connectivity index (χ1) is 5.31. The van der Waals surface area contributed by atoms with Crippen molar-refractivity contribution < 1.29 is 4.52 Å². The van der Waals surface area contributed by atoms with Crippen molar-refractivity contribution in [1.29, 1.82) is 5.26 Å². The minimum atomic E-state index is 0.0508. The van der Waals surface area contributed by atoms with Crippen LogP contribution in [0.3, 0.4) is 0 Å². The Labute approximate surface area is 62.8 Å². The monoisotopic (exact) mass is 150 g/mol. The van der Waals surface area contributed by atoms with E-state index in [9.17, 15) is 0 Å². The van der Waals surface area contributed by atoms with E-state index in [1.54, 1.807) is 0 Å². The summed E-state index contributed by atoms with van der Waals surface area (Å²) in [4.78, 5) is 3.82. The van der Waals surface area contributed by atoms with Gasteiger partial charge in [0.1, 0.15) is 0 Å². The van der Waals surface area contributed by atoms with Gasteiger partial charge in [-0.2, -0.15) is 10.2 Å². The minimum Gasteiger partial charge on any atom is -0.365 e. The fourth-order valence-corrected chi connectivity index (χ4v) is 1.01. The van der Waals surface area contributed by atoms with Crippen LogP contribution in [-0.2, 0) is 0 Å². The number of hydrogen-bond acceptors (Lipinski definition) is 5. The van der Waals surface area contributed by atoms with Crippen LogP contribution in [0, 0.1) is 17.2 Å². The van der Waals surface area contributed by atoms with Crippen molar-refractivity contribution in [1.82, 2.24) is 10.1 Å². The van der Waals surface area contributed by atoms with E-state index in [1.165, 1.54) is 0 Å². The van der Waals surface area contributed by atoms with Crippen LogP contribution in [0.5, 0.6) is 0 Å². The smallest absolute Gasteiger partial charge is 0.260 e. The molecule has 2 N–H and O–H groups in total. The first kappa shape index (κ1) is 6.16. The molecule has 0 amide bonds. The Balaban J connectivity index is 2.16. The van der Waals surface area contributed by atoms with Crippen molar-refractivity contribution >= 4 is 5.95 Å². The molecular formula is C6H6N4O. The van der Waals surface area contributed by atoms with E-state index >= 15 is 0 Å². The normalized spacial score (nSPS) is 27.9. The third kappa shape index (κ3) is 0.923. The van der Waals surface area contributed by atoms with Gasteiger partial charge in [0.2, 0.25) is 5.89 Å². The van der Waals surface area contributed by atoms with E-state index < -0.39 is 0 Å². The quantitative estimate of drug-likeness (QED) is 0.621. The number of hydrogen-bond donors (Lipinski definition) is 1. The van der Waals surface area contributed by atoms with Gasteiger partial charge in [-0.15, -0.1) is 0 Å². The summed E-state index contributed by atoms with van der Waals surface area (Å²) in [5.74, 6) is 0.817. The highest BCUT2D eigenvalue weighted by Gasteiger charge is 2.42. The van der Waals surface area contributed by atoms with Crippen molar-refractivity contribution in [2.75, 3.05) is 5.73 Å². The van der Waals surface area contributed by atoms with Crippen molar-refractivity contribution in [2.45, 2.75) is 12.3 Å². The fourth-order valence-electron chi connectivity index (χ4n) is 1.01. The van der Waals surface area contributed by atoms with Crippen LogP contribution in [0.2, 0.25) is 0 Å². The highest BCUT2D eigenvalue weighted by Crippen LogP contribution is 2.46. The lowest BCUT2D eigenvalue weighted by Crippen LogP contribution is -1.86. The summed E-state index contributed by atoms with van der Waals surface area (Å²) in [6, 6.07) is 2.13. The summed E-state index contributed by atoms with van der Waals surface area (Å²) in [5, 5.41) is 11.9. The maximum absolute atomic E-state index is 8.47. The number of nitrogens with two attached hydrogens (primary N) is 1. The molecule has 0 radical (unpaired) electrons. The zero-order chi connectivity index (χ0) is 7.84. The van der Waals surface area contributed by atoms with Crippen LogP contribution in [0.1, 0.15) is 18.2 Å². The Kier molecular flexibility index (Phi) is 1.09. The van der Waals surface area contributed by atoms with Gasteiger partial charge in [0.05, 0.1) is 17.9 Å². The molecule has 1 aromatic heterocycles. The zero-order valence-corrected chi connectivity index (χ0v) is 5.69. The maximum Gasteiger partial charge on any atom is 0.260 e. The molecule has 1 aromatic rings.